The molecule has 2 heterocycles. The van der Waals surface area contributed by atoms with E-state index in [1.165, 1.54) is 0 Å². The molecule has 0 spiro atoms. The highest BCUT2D eigenvalue weighted by atomic mass is 79.9. The second-order valence-electron chi connectivity index (χ2n) is 8.86. The van der Waals surface area contributed by atoms with Crippen LogP contribution in [0.2, 0.25) is 0 Å². The van der Waals surface area contributed by atoms with Crippen molar-refractivity contribution < 1.29 is 22.6 Å². The van der Waals surface area contributed by atoms with Crippen LogP contribution in [0.4, 0.5) is 5.69 Å². The molecular formula is C26H33BrN4O5S. The molecule has 0 saturated carbocycles. The molecule has 2 aliphatic heterocycles. The first-order valence-corrected chi connectivity index (χ1v) is 14.5. The SMILES string of the molecule is C=C1NC(c2cc(S(=O)(=O)NCCN3CCOCC3)ccc2OCCC)=Nc2c(Br)c(OC)cc(C)c21. The van der Waals surface area contributed by atoms with E-state index in [1.807, 2.05) is 19.9 Å². The van der Waals surface area contributed by atoms with Crippen LogP contribution < -0.4 is 19.5 Å². The fourth-order valence-corrected chi connectivity index (χ4v) is 5.91. The average Bonchev–Trinajstić information content (AvgIpc) is 2.89. The van der Waals surface area contributed by atoms with Crippen LogP contribution in [0.15, 0.2) is 45.2 Å². The Morgan fingerprint density at radius 2 is 2.00 bits per heavy atom. The maximum Gasteiger partial charge on any atom is 0.240 e. The summed E-state index contributed by atoms with van der Waals surface area (Å²) in [6, 6.07) is 6.74. The summed E-state index contributed by atoms with van der Waals surface area (Å²) in [5, 5.41) is 3.26. The van der Waals surface area contributed by atoms with Gasteiger partial charge in [-0.25, -0.2) is 18.1 Å². The maximum atomic E-state index is 13.2. The van der Waals surface area contributed by atoms with Crippen molar-refractivity contribution in [2.45, 2.75) is 25.2 Å². The van der Waals surface area contributed by atoms with Crippen LogP contribution in [-0.4, -0.2) is 72.3 Å². The fourth-order valence-electron chi connectivity index (χ4n) is 4.30. The van der Waals surface area contributed by atoms with E-state index in [0.717, 1.165) is 30.6 Å². The second-order valence-corrected chi connectivity index (χ2v) is 11.4. The monoisotopic (exact) mass is 592 g/mol. The number of ether oxygens (including phenoxy) is 3. The van der Waals surface area contributed by atoms with Crippen molar-refractivity contribution in [1.82, 2.24) is 14.9 Å². The second kappa shape index (κ2) is 12.0. The number of fused-ring (bicyclic) bond motifs is 1. The number of aliphatic imine (C=N–C) groups is 1. The zero-order chi connectivity index (χ0) is 26.6. The Labute approximate surface area is 227 Å². The molecule has 0 bridgehead atoms. The molecule has 9 nitrogen and oxygen atoms in total. The first-order chi connectivity index (χ1) is 17.7. The van der Waals surface area contributed by atoms with Crippen molar-refractivity contribution in [3.05, 3.63) is 52.0 Å². The number of hydrogen-bond acceptors (Lipinski definition) is 8. The predicted octanol–water partition coefficient (Wildman–Crippen LogP) is 3.82. The van der Waals surface area contributed by atoms with Gasteiger partial charge in [0, 0.05) is 37.4 Å². The number of halogens is 1. The third-order valence-electron chi connectivity index (χ3n) is 6.22. The van der Waals surface area contributed by atoms with Crippen molar-refractivity contribution in [3.8, 4) is 11.5 Å². The quantitative estimate of drug-likeness (QED) is 0.432. The van der Waals surface area contributed by atoms with Crippen molar-refractivity contribution in [2.75, 3.05) is 53.1 Å². The van der Waals surface area contributed by atoms with Gasteiger partial charge in [0.05, 0.1) is 47.5 Å². The van der Waals surface area contributed by atoms with Gasteiger partial charge in [0.25, 0.3) is 0 Å². The summed E-state index contributed by atoms with van der Waals surface area (Å²) < 4.78 is 46.6. The third kappa shape index (κ3) is 6.18. The summed E-state index contributed by atoms with van der Waals surface area (Å²) >= 11 is 3.61. The van der Waals surface area contributed by atoms with Crippen molar-refractivity contribution in [2.24, 2.45) is 4.99 Å². The highest BCUT2D eigenvalue weighted by molar-refractivity contribution is 9.10. The molecule has 2 aromatic carbocycles. The number of aryl methyl sites for hydroxylation is 1. The van der Waals surface area contributed by atoms with E-state index in [4.69, 9.17) is 19.2 Å². The van der Waals surface area contributed by atoms with Crippen LogP contribution in [0.25, 0.3) is 5.70 Å². The van der Waals surface area contributed by atoms with E-state index >= 15 is 0 Å². The molecule has 200 valence electrons. The molecule has 0 radical (unpaired) electrons. The van der Waals surface area contributed by atoms with Crippen LogP contribution >= 0.6 is 15.9 Å². The van der Waals surface area contributed by atoms with Gasteiger partial charge in [0.1, 0.15) is 17.3 Å². The number of benzene rings is 2. The lowest BCUT2D eigenvalue weighted by atomic mass is 10.0. The number of sulfonamides is 1. The first kappa shape index (κ1) is 27.6. The Balaban J connectivity index is 1.68. The summed E-state index contributed by atoms with van der Waals surface area (Å²) in [6.07, 6.45) is 0.806. The Morgan fingerprint density at radius 1 is 1.24 bits per heavy atom. The van der Waals surface area contributed by atoms with E-state index in [-0.39, 0.29) is 4.90 Å². The van der Waals surface area contributed by atoms with E-state index in [9.17, 15) is 8.42 Å². The van der Waals surface area contributed by atoms with Gasteiger partial charge in [-0.2, -0.15) is 0 Å². The van der Waals surface area contributed by atoms with E-state index in [0.29, 0.717) is 71.7 Å². The minimum absolute atomic E-state index is 0.134. The van der Waals surface area contributed by atoms with Crippen molar-refractivity contribution >= 4 is 43.2 Å². The number of rotatable bonds is 10. The lowest BCUT2D eigenvalue weighted by Crippen LogP contribution is -2.41. The molecule has 1 fully saturated rings. The average molecular weight is 594 g/mol. The lowest BCUT2D eigenvalue weighted by Gasteiger charge is -2.26. The minimum atomic E-state index is -3.76. The first-order valence-electron chi connectivity index (χ1n) is 12.2. The van der Waals surface area contributed by atoms with Gasteiger partial charge in [-0.05, 0) is 59.1 Å². The molecule has 0 aliphatic carbocycles. The van der Waals surface area contributed by atoms with E-state index in [2.05, 4.69) is 37.4 Å². The van der Waals surface area contributed by atoms with Crippen LogP contribution in [0.5, 0.6) is 11.5 Å². The fraction of sp³-hybridized carbons (Fsp3) is 0.423. The highest BCUT2D eigenvalue weighted by Crippen LogP contribution is 2.44. The van der Waals surface area contributed by atoms with Gasteiger partial charge in [-0.15, -0.1) is 0 Å². The number of methoxy groups -OCH3 is 1. The van der Waals surface area contributed by atoms with Gasteiger partial charge in [0.15, 0.2) is 0 Å². The van der Waals surface area contributed by atoms with Gasteiger partial charge in [0.2, 0.25) is 10.0 Å². The molecule has 0 aromatic heterocycles. The summed E-state index contributed by atoms with van der Waals surface area (Å²) in [7, 11) is -2.16. The van der Waals surface area contributed by atoms with Crippen LogP contribution in [-0.2, 0) is 14.8 Å². The van der Waals surface area contributed by atoms with Gasteiger partial charge < -0.3 is 19.5 Å². The Bertz CT molecular complexity index is 1310. The Morgan fingerprint density at radius 3 is 2.70 bits per heavy atom. The summed E-state index contributed by atoms with van der Waals surface area (Å²) in [6.45, 7) is 12.5. The normalized spacial score (nSPS) is 16.1. The van der Waals surface area contributed by atoms with Crippen LogP contribution in [0, 0.1) is 6.92 Å². The maximum absolute atomic E-state index is 13.2. The number of nitrogens with one attached hydrogen (secondary N) is 2. The number of amidine groups is 1. The zero-order valence-electron chi connectivity index (χ0n) is 21.4. The molecule has 2 aromatic rings. The molecule has 11 heteroatoms. The predicted molar refractivity (Wildman–Crippen MR) is 148 cm³/mol. The number of morpholine rings is 1. The summed E-state index contributed by atoms with van der Waals surface area (Å²) in [5.74, 6) is 1.63. The van der Waals surface area contributed by atoms with Crippen molar-refractivity contribution in [1.29, 1.82) is 0 Å². The van der Waals surface area contributed by atoms with E-state index < -0.39 is 10.0 Å². The molecule has 0 amide bonds. The third-order valence-corrected chi connectivity index (χ3v) is 8.44. The molecule has 37 heavy (non-hydrogen) atoms. The largest absolute Gasteiger partial charge is 0.495 e. The zero-order valence-corrected chi connectivity index (χ0v) is 23.8. The van der Waals surface area contributed by atoms with Gasteiger partial charge >= 0.3 is 0 Å². The highest BCUT2D eigenvalue weighted by Gasteiger charge is 2.26. The van der Waals surface area contributed by atoms with E-state index in [1.54, 1.807) is 25.3 Å². The molecular weight excluding hydrogens is 560 g/mol. The standard InChI is InChI=1S/C26H33BrN4O5S/c1-5-12-36-21-7-6-19(37(32,33)28-8-9-31-10-13-35-14-11-31)16-20(21)26-29-18(3)23-17(2)15-22(34-4)24(27)25(23)30-26/h6-7,15-16,28H,3,5,8-14H2,1-2,4H3,(H,29,30). The summed E-state index contributed by atoms with van der Waals surface area (Å²) in [4.78, 5) is 7.17. The van der Waals surface area contributed by atoms with Gasteiger partial charge in [-0.1, -0.05) is 13.5 Å². The molecule has 1 saturated heterocycles. The number of nitrogens with zero attached hydrogens (tertiary/aromatic N) is 2. The number of hydrogen-bond donors (Lipinski definition) is 2. The molecule has 2 N–H and O–H groups in total. The van der Waals surface area contributed by atoms with Crippen LogP contribution in [0.3, 0.4) is 0 Å². The lowest BCUT2D eigenvalue weighted by molar-refractivity contribution is 0.0390. The Kier molecular flexibility index (Phi) is 8.91. The van der Waals surface area contributed by atoms with Crippen LogP contribution in [0.1, 0.15) is 30.0 Å². The van der Waals surface area contributed by atoms with Gasteiger partial charge in [-0.3, -0.25) is 4.90 Å². The molecule has 0 unspecified atom stereocenters. The summed E-state index contributed by atoms with van der Waals surface area (Å²) in [5.41, 5.74) is 3.66. The molecule has 4 rings (SSSR count). The topological polar surface area (TPSA) is 101 Å². The minimum Gasteiger partial charge on any atom is -0.495 e. The van der Waals surface area contributed by atoms with Crippen molar-refractivity contribution in [3.63, 3.8) is 0 Å². The Hall–Kier alpha value is -2.44. The smallest absolute Gasteiger partial charge is 0.240 e. The molecule has 2 aliphatic rings. The molecule has 0 atom stereocenters.